The Balaban J connectivity index is 2.33. The Morgan fingerprint density at radius 1 is 1.21 bits per heavy atom. The van der Waals surface area contributed by atoms with Crippen LogP contribution in [0, 0.1) is 22.7 Å². The van der Waals surface area contributed by atoms with Gasteiger partial charge in [-0.2, -0.15) is 0 Å². The van der Waals surface area contributed by atoms with E-state index < -0.39 is 0 Å². The van der Waals surface area contributed by atoms with Gasteiger partial charge in [0.25, 0.3) is 0 Å². The molecule has 110 valence electrons. The molecule has 0 aromatic carbocycles. The quantitative estimate of drug-likeness (QED) is 0.779. The zero-order valence-corrected chi connectivity index (χ0v) is 13.7. The summed E-state index contributed by atoms with van der Waals surface area (Å²) in [6, 6.07) is 0.342. The number of likely N-dealkylation sites (N-methyl/N-ethyl adjacent to an activating group) is 2. The van der Waals surface area contributed by atoms with E-state index in [1.54, 1.807) is 0 Å². The summed E-state index contributed by atoms with van der Waals surface area (Å²) in [5.74, 6) is 1.29. The molecule has 2 saturated carbocycles. The molecule has 19 heavy (non-hydrogen) atoms. The Morgan fingerprint density at radius 3 is 2.16 bits per heavy atom. The van der Waals surface area contributed by atoms with Crippen LogP contribution in [0.15, 0.2) is 0 Å². The summed E-state index contributed by atoms with van der Waals surface area (Å²) in [6.45, 7) is 7.79. The van der Waals surface area contributed by atoms with Crippen LogP contribution < -0.4 is 0 Å². The molecule has 0 amide bonds. The normalized spacial score (nSPS) is 38.5. The van der Waals surface area contributed by atoms with Crippen molar-refractivity contribution < 1.29 is 4.79 Å². The topological polar surface area (TPSA) is 23.6 Å². The van der Waals surface area contributed by atoms with Crippen LogP contribution in [0.4, 0.5) is 0 Å². The zero-order chi connectivity index (χ0) is 14.6. The second-order valence-electron chi connectivity index (χ2n) is 7.88. The van der Waals surface area contributed by atoms with Crippen molar-refractivity contribution in [2.75, 3.05) is 34.7 Å². The van der Waals surface area contributed by atoms with E-state index in [-0.39, 0.29) is 16.7 Å². The number of hydrogen-bond acceptors (Lipinski definition) is 3. The predicted molar refractivity (Wildman–Crippen MR) is 79.1 cm³/mol. The molecule has 0 spiro atoms. The number of ketones is 1. The van der Waals surface area contributed by atoms with E-state index in [2.05, 4.69) is 58.8 Å². The van der Waals surface area contributed by atoms with Gasteiger partial charge in [-0.3, -0.25) is 4.79 Å². The maximum absolute atomic E-state index is 13.0. The van der Waals surface area contributed by atoms with E-state index in [0.717, 1.165) is 13.0 Å². The van der Waals surface area contributed by atoms with Crippen LogP contribution in [0.1, 0.15) is 33.6 Å². The molecule has 2 bridgehead atoms. The van der Waals surface area contributed by atoms with Gasteiger partial charge in [0, 0.05) is 23.9 Å². The first kappa shape index (κ1) is 15.0. The predicted octanol–water partition coefficient (Wildman–Crippen LogP) is 2.12. The van der Waals surface area contributed by atoms with E-state index in [1.807, 2.05) is 0 Å². The summed E-state index contributed by atoms with van der Waals surface area (Å²) < 4.78 is 0. The molecule has 0 aromatic rings. The standard InChI is InChI=1S/C16H30N2O/c1-15(2)11-8-9-16(15,3)14(19)13(11)12(18(6)7)10-17(4)5/h11-13H,8-10H2,1-7H3/t11-,12?,13+,16+/m1/s1. The summed E-state index contributed by atoms with van der Waals surface area (Å²) >= 11 is 0. The summed E-state index contributed by atoms with van der Waals surface area (Å²) in [7, 11) is 8.42. The van der Waals surface area contributed by atoms with E-state index in [0.29, 0.717) is 17.7 Å². The Morgan fingerprint density at radius 2 is 1.79 bits per heavy atom. The molecule has 0 saturated heterocycles. The molecule has 2 aliphatic rings. The van der Waals surface area contributed by atoms with E-state index in [4.69, 9.17) is 0 Å². The van der Waals surface area contributed by atoms with Crippen LogP contribution in [0.3, 0.4) is 0 Å². The third-order valence-electron chi connectivity index (χ3n) is 6.21. The van der Waals surface area contributed by atoms with Gasteiger partial charge in [0.15, 0.2) is 0 Å². The molecule has 0 N–H and O–H groups in total. The lowest BCUT2D eigenvalue weighted by molar-refractivity contribution is -0.133. The van der Waals surface area contributed by atoms with Gasteiger partial charge >= 0.3 is 0 Å². The van der Waals surface area contributed by atoms with Crippen molar-refractivity contribution in [1.82, 2.24) is 9.80 Å². The Kier molecular flexibility index (Phi) is 3.60. The molecule has 2 fully saturated rings. The van der Waals surface area contributed by atoms with Crippen LogP contribution in [-0.4, -0.2) is 56.4 Å². The van der Waals surface area contributed by atoms with Crippen LogP contribution >= 0.6 is 0 Å². The molecule has 2 aliphatic carbocycles. The van der Waals surface area contributed by atoms with Gasteiger partial charge in [-0.05, 0) is 52.4 Å². The van der Waals surface area contributed by atoms with Gasteiger partial charge in [-0.1, -0.05) is 20.8 Å². The second-order valence-corrected chi connectivity index (χ2v) is 7.88. The first-order valence-corrected chi connectivity index (χ1v) is 7.48. The first-order valence-electron chi connectivity index (χ1n) is 7.48. The van der Waals surface area contributed by atoms with Crippen LogP contribution in [0.2, 0.25) is 0 Å². The maximum Gasteiger partial charge on any atom is 0.144 e. The summed E-state index contributed by atoms with van der Waals surface area (Å²) in [5, 5.41) is 0. The van der Waals surface area contributed by atoms with Crippen molar-refractivity contribution in [3.05, 3.63) is 0 Å². The van der Waals surface area contributed by atoms with Crippen molar-refractivity contribution in [3.8, 4) is 0 Å². The lowest BCUT2D eigenvalue weighted by atomic mass is 9.70. The number of hydrogen-bond donors (Lipinski definition) is 0. The molecule has 2 rings (SSSR count). The molecule has 0 heterocycles. The average molecular weight is 266 g/mol. The van der Waals surface area contributed by atoms with Gasteiger partial charge in [0.05, 0.1) is 0 Å². The molecule has 4 atom stereocenters. The largest absolute Gasteiger partial charge is 0.308 e. The molecule has 1 unspecified atom stereocenters. The lowest BCUT2D eigenvalue weighted by Crippen LogP contribution is -2.48. The van der Waals surface area contributed by atoms with Crippen molar-refractivity contribution in [1.29, 1.82) is 0 Å². The molecule has 3 nitrogen and oxygen atoms in total. The fourth-order valence-corrected chi connectivity index (χ4v) is 4.57. The summed E-state index contributed by atoms with van der Waals surface area (Å²) in [6.07, 6.45) is 2.31. The first-order chi connectivity index (χ1) is 8.63. The minimum Gasteiger partial charge on any atom is -0.308 e. The van der Waals surface area contributed by atoms with Crippen molar-refractivity contribution in [3.63, 3.8) is 0 Å². The van der Waals surface area contributed by atoms with Crippen molar-refractivity contribution in [2.45, 2.75) is 39.7 Å². The third-order valence-corrected chi connectivity index (χ3v) is 6.21. The van der Waals surface area contributed by atoms with Gasteiger partial charge in [-0.25, -0.2) is 0 Å². The Labute approximate surface area is 118 Å². The fraction of sp³-hybridized carbons (Fsp3) is 0.938. The molecule has 3 heteroatoms. The smallest absolute Gasteiger partial charge is 0.144 e. The number of carbonyl (C=O) groups is 1. The molecular weight excluding hydrogens is 236 g/mol. The summed E-state index contributed by atoms with van der Waals surface area (Å²) in [4.78, 5) is 17.4. The number of nitrogens with zero attached hydrogens (tertiary/aromatic N) is 2. The number of Topliss-reactive ketones (excluding diaryl/α,β-unsaturated/α-hetero) is 1. The SMILES string of the molecule is CN(C)CC([C@H]1C(=O)[C@]2(C)CC[C@H]1C2(C)C)N(C)C. The molecule has 0 aromatic heterocycles. The minimum atomic E-state index is -0.0943. The number of rotatable bonds is 4. The van der Waals surface area contributed by atoms with Gasteiger partial charge < -0.3 is 9.80 Å². The lowest BCUT2D eigenvalue weighted by Gasteiger charge is -2.37. The minimum absolute atomic E-state index is 0.0943. The van der Waals surface area contributed by atoms with E-state index >= 15 is 0 Å². The molecule has 0 aliphatic heterocycles. The zero-order valence-electron chi connectivity index (χ0n) is 13.7. The highest BCUT2D eigenvalue weighted by molar-refractivity contribution is 5.92. The van der Waals surface area contributed by atoms with E-state index in [9.17, 15) is 4.79 Å². The average Bonchev–Trinajstić information content (AvgIpc) is 2.58. The Bertz CT molecular complexity index is 375. The highest BCUT2D eigenvalue weighted by atomic mass is 16.1. The Hall–Kier alpha value is -0.410. The van der Waals surface area contributed by atoms with Gasteiger partial charge in [0.2, 0.25) is 0 Å². The second kappa shape index (κ2) is 4.56. The maximum atomic E-state index is 13.0. The number of carbonyl (C=O) groups excluding carboxylic acids is 1. The molecular formula is C16H30N2O. The van der Waals surface area contributed by atoms with Crippen molar-refractivity contribution >= 4 is 5.78 Å². The van der Waals surface area contributed by atoms with Gasteiger partial charge in [0.1, 0.15) is 5.78 Å². The number of fused-ring (bicyclic) bond motifs is 2. The fourth-order valence-electron chi connectivity index (χ4n) is 4.57. The van der Waals surface area contributed by atoms with Crippen molar-refractivity contribution in [2.24, 2.45) is 22.7 Å². The highest BCUT2D eigenvalue weighted by Gasteiger charge is 2.67. The van der Waals surface area contributed by atoms with Gasteiger partial charge in [-0.15, -0.1) is 0 Å². The van der Waals surface area contributed by atoms with Crippen LogP contribution in [0.5, 0.6) is 0 Å². The van der Waals surface area contributed by atoms with Crippen LogP contribution in [-0.2, 0) is 4.79 Å². The molecule has 0 radical (unpaired) electrons. The van der Waals surface area contributed by atoms with Crippen LogP contribution in [0.25, 0.3) is 0 Å². The third kappa shape index (κ3) is 1.97. The van der Waals surface area contributed by atoms with E-state index in [1.165, 1.54) is 6.42 Å². The summed E-state index contributed by atoms with van der Waals surface area (Å²) in [5.41, 5.74) is 0.0677. The monoisotopic (exact) mass is 266 g/mol. The highest BCUT2D eigenvalue weighted by Crippen LogP contribution is 2.66.